The Morgan fingerprint density at radius 2 is 2.05 bits per heavy atom. The summed E-state index contributed by atoms with van der Waals surface area (Å²) in [6.07, 6.45) is 0.589. The van der Waals surface area contributed by atoms with Crippen molar-refractivity contribution in [2.45, 2.75) is 19.4 Å². The second kappa shape index (κ2) is 6.68. The quantitative estimate of drug-likeness (QED) is 0.632. The van der Waals surface area contributed by atoms with Gasteiger partial charge in [0.05, 0.1) is 6.04 Å². The number of rotatable bonds is 4. The van der Waals surface area contributed by atoms with Crippen LogP contribution in [0.5, 0.6) is 0 Å². The van der Waals surface area contributed by atoms with Crippen molar-refractivity contribution in [2.75, 3.05) is 0 Å². The van der Waals surface area contributed by atoms with Crippen molar-refractivity contribution >= 4 is 27.5 Å². The fraction of sp³-hybridized carbons (Fsp3) is 0.200. The topological polar surface area (TPSA) is 38.0 Å². The number of halogens is 3. The number of hydrogen-bond donors (Lipinski definition) is 2. The summed E-state index contributed by atoms with van der Waals surface area (Å²) in [7, 11) is 0. The molecular formula is C15H15BrClFN2. The van der Waals surface area contributed by atoms with E-state index in [4.69, 9.17) is 17.4 Å². The summed E-state index contributed by atoms with van der Waals surface area (Å²) in [4.78, 5) is 0. The Morgan fingerprint density at radius 1 is 1.30 bits per heavy atom. The van der Waals surface area contributed by atoms with E-state index >= 15 is 0 Å². The lowest BCUT2D eigenvalue weighted by Crippen LogP contribution is -2.29. The minimum absolute atomic E-state index is 0.206. The highest BCUT2D eigenvalue weighted by Gasteiger charge is 2.14. The summed E-state index contributed by atoms with van der Waals surface area (Å²) < 4.78 is 14.2. The molecule has 0 radical (unpaired) electrons. The van der Waals surface area contributed by atoms with E-state index in [1.807, 2.05) is 31.2 Å². The number of nitrogens with one attached hydrogen (secondary N) is 1. The Labute approximate surface area is 131 Å². The van der Waals surface area contributed by atoms with Crippen LogP contribution in [-0.4, -0.2) is 0 Å². The number of nitrogens with two attached hydrogens (primary N) is 1. The molecule has 0 amide bonds. The van der Waals surface area contributed by atoms with Gasteiger partial charge in [0, 0.05) is 9.50 Å². The maximum absolute atomic E-state index is 13.5. The smallest absolute Gasteiger partial charge is 0.124 e. The summed E-state index contributed by atoms with van der Waals surface area (Å²) in [5.74, 6) is 5.30. The van der Waals surface area contributed by atoms with Gasteiger partial charge in [-0.25, -0.2) is 4.39 Å². The molecule has 2 aromatic carbocycles. The Bertz CT molecular complexity index is 599. The zero-order valence-electron chi connectivity index (χ0n) is 11.0. The summed E-state index contributed by atoms with van der Waals surface area (Å²) in [5.41, 5.74) is 5.57. The van der Waals surface area contributed by atoms with Crippen LogP contribution in [0.1, 0.15) is 22.7 Å². The lowest BCUT2D eigenvalue weighted by molar-refractivity contribution is 0.544. The first-order valence-electron chi connectivity index (χ1n) is 6.16. The van der Waals surface area contributed by atoms with E-state index in [0.717, 1.165) is 16.7 Å². The zero-order chi connectivity index (χ0) is 14.7. The van der Waals surface area contributed by atoms with Crippen molar-refractivity contribution < 1.29 is 4.39 Å². The Hall–Kier alpha value is -0.940. The van der Waals surface area contributed by atoms with Crippen LogP contribution in [0.15, 0.2) is 40.9 Å². The second-order valence-corrected chi connectivity index (χ2v) is 6.04. The molecule has 3 N–H and O–H groups in total. The van der Waals surface area contributed by atoms with Crippen molar-refractivity contribution in [3.8, 4) is 0 Å². The largest absolute Gasteiger partial charge is 0.271 e. The van der Waals surface area contributed by atoms with Crippen LogP contribution in [0, 0.1) is 12.7 Å². The lowest BCUT2D eigenvalue weighted by Gasteiger charge is -2.18. The van der Waals surface area contributed by atoms with E-state index in [2.05, 4.69) is 21.4 Å². The van der Waals surface area contributed by atoms with E-state index in [0.29, 0.717) is 15.9 Å². The number of hydrogen-bond acceptors (Lipinski definition) is 2. The molecule has 0 spiro atoms. The third-order valence-corrected chi connectivity index (χ3v) is 3.93. The van der Waals surface area contributed by atoms with Gasteiger partial charge in [0.15, 0.2) is 0 Å². The molecule has 20 heavy (non-hydrogen) atoms. The molecule has 1 unspecified atom stereocenters. The van der Waals surface area contributed by atoms with E-state index in [1.165, 1.54) is 12.1 Å². The lowest BCUT2D eigenvalue weighted by atomic mass is 9.98. The number of benzene rings is 2. The van der Waals surface area contributed by atoms with Gasteiger partial charge in [-0.05, 0) is 54.3 Å². The first kappa shape index (κ1) is 15.4. The SMILES string of the molecule is Cc1ccc(CC(NN)c2cc(F)cc(Br)c2)c(Cl)c1. The first-order valence-corrected chi connectivity index (χ1v) is 7.34. The molecular weight excluding hydrogens is 343 g/mol. The highest BCUT2D eigenvalue weighted by Crippen LogP contribution is 2.26. The highest BCUT2D eigenvalue weighted by molar-refractivity contribution is 9.10. The normalized spacial score (nSPS) is 12.4. The predicted octanol–water partition coefficient (Wildman–Crippen LogP) is 4.30. The van der Waals surface area contributed by atoms with Crippen molar-refractivity contribution in [1.29, 1.82) is 0 Å². The average Bonchev–Trinajstić information content (AvgIpc) is 2.36. The second-order valence-electron chi connectivity index (χ2n) is 4.72. The molecule has 2 aromatic rings. The standard InChI is InChI=1S/C15H15BrClFN2/c1-9-2-3-10(14(17)4-9)7-15(20-19)11-5-12(16)8-13(18)6-11/h2-6,8,15,20H,7,19H2,1H3. The molecule has 106 valence electrons. The molecule has 2 nitrogen and oxygen atoms in total. The van der Waals surface area contributed by atoms with E-state index in [-0.39, 0.29) is 11.9 Å². The first-order chi connectivity index (χ1) is 9.49. The fourth-order valence-electron chi connectivity index (χ4n) is 2.09. The molecule has 0 fully saturated rings. The van der Waals surface area contributed by atoms with Gasteiger partial charge >= 0.3 is 0 Å². The third-order valence-electron chi connectivity index (χ3n) is 3.12. The minimum atomic E-state index is -0.301. The molecule has 0 heterocycles. The van der Waals surface area contributed by atoms with Gasteiger partial charge in [0.2, 0.25) is 0 Å². The van der Waals surface area contributed by atoms with Crippen LogP contribution < -0.4 is 11.3 Å². The Balaban J connectivity index is 2.28. The monoisotopic (exact) mass is 356 g/mol. The summed E-state index contributed by atoms with van der Waals surface area (Å²) in [5, 5.41) is 0.695. The van der Waals surface area contributed by atoms with Gasteiger partial charge in [-0.2, -0.15) is 0 Å². The Kier molecular flexibility index (Phi) is 5.16. The number of hydrazine groups is 1. The van der Waals surface area contributed by atoms with Crippen LogP contribution >= 0.6 is 27.5 Å². The minimum Gasteiger partial charge on any atom is -0.271 e. The maximum Gasteiger partial charge on any atom is 0.124 e. The Morgan fingerprint density at radius 3 is 2.65 bits per heavy atom. The van der Waals surface area contributed by atoms with E-state index in [1.54, 1.807) is 0 Å². The van der Waals surface area contributed by atoms with Gasteiger partial charge in [0.25, 0.3) is 0 Å². The van der Waals surface area contributed by atoms with Crippen molar-refractivity contribution in [1.82, 2.24) is 5.43 Å². The molecule has 0 saturated heterocycles. The molecule has 2 rings (SSSR count). The summed E-state index contributed by atoms with van der Waals surface area (Å²) in [6, 6.07) is 10.4. The van der Waals surface area contributed by atoms with Crippen LogP contribution in [0.25, 0.3) is 0 Å². The summed E-state index contributed by atoms with van der Waals surface area (Å²) in [6.45, 7) is 1.98. The zero-order valence-corrected chi connectivity index (χ0v) is 13.3. The van der Waals surface area contributed by atoms with Crippen molar-refractivity contribution in [2.24, 2.45) is 5.84 Å². The number of aryl methyl sites for hydroxylation is 1. The van der Waals surface area contributed by atoms with Gasteiger partial charge < -0.3 is 0 Å². The van der Waals surface area contributed by atoms with Gasteiger partial charge in [-0.15, -0.1) is 0 Å². The average molecular weight is 358 g/mol. The molecule has 0 saturated carbocycles. The van der Waals surface area contributed by atoms with Crippen molar-refractivity contribution in [3.63, 3.8) is 0 Å². The van der Waals surface area contributed by atoms with E-state index in [9.17, 15) is 4.39 Å². The van der Waals surface area contributed by atoms with Crippen LogP contribution in [0.2, 0.25) is 5.02 Å². The molecule has 0 aliphatic carbocycles. The van der Waals surface area contributed by atoms with Crippen LogP contribution in [0.3, 0.4) is 0 Å². The highest BCUT2D eigenvalue weighted by atomic mass is 79.9. The summed E-state index contributed by atoms with van der Waals surface area (Å²) >= 11 is 9.51. The molecule has 5 heteroatoms. The predicted molar refractivity (Wildman–Crippen MR) is 84.1 cm³/mol. The molecule has 0 aliphatic heterocycles. The van der Waals surface area contributed by atoms with E-state index < -0.39 is 0 Å². The molecule has 0 aromatic heterocycles. The van der Waals surface area contributed by atoms with Crippen LogP contribution in [0.4, 0.5) is 4.39 Å². The third kappa shape index (κ3) is 3.79. The van der Waals surface area contributed by atoms with Crippen LogP contribution in [-0.2, 0) is 6.42 Å². The van der Waals surface area contributed by atoms with Gasteiger partial charge in [0.1, 0.15) is 5.82 Å². The van der Waals surface area contributed by atoms with Gasteiger partial charge in [-0.1, -0.05) is 39.7 Å². The maximum atomic E-state index is 13.5. The molecule has 1 atom stereocenters. The van der Waals surface area contributed by atoms with Crippen molar-refractivity contribution in [3.05, 3.63) is 68.4 Å². The molecule has 0 bridgehead atoms. The fourth-order valence-corrected chi connectivity index (χ4v) is 2.88. The van der Waals surface area contributed by atoms with Gasteiger partial charge in [-0.3, -0.25) is 11.3 Å². The molecule has 0 aliphatic rings.